The first-order valence-electron chi connectivity index (χ1n) is 7.68. The molecule has 2 aliphatic heterocycles. The summed E-state index contributed by atoms with van der Waals surface area (Å²) in [5, 5.41) is 4.87. The van der Waals surface area contributed by atoms with Crippen LogP contribution >= 0.6 is 23.2 Å². The van der Waals surface area contributed by atoms with Crippen molar-refractivity contribution < 1.29 is 4.74 Å². The van der Waals surface area contributed by atoms with Crippen LogP contribution in [0.2, 0.25) is 10.0 Å². The van der Waals surface area contributed by atoms with Gasteiger partial charge in [0.2, 0.25) is 0 Å². The predicted molar refractivity (Wildman–Crippen MR) is 87.1 cm³/mol. The zero-order chi connectivity index (χ0) is 14.7. The summed E-state index contributed by atoms with van der Waals surface area (Å²) in [7, 11) is 0. The van der Waals surface area contributed by atoms with E-state index < -0.39 is 0 Å². The number of rotatable bonds is 5. The minimum Gasteiger partial charge on any atom is -0.380 e. The molecule has 0 radical (unpaired) electrons. The lowest BCUT2D eigenvalue weighted by Gasteiger charge is -2.30. The van der Waals surface area contributed by atoms with E-state index in [0.717, 1.165) is 51.7 Å². The Kier molecular flexibility index (Phi) is 5.41. The molecule has 0 bridgehead atoms. The molecule has 1 aromatic carbocycles. The van der Waals surface area contributed by atoms with Crippen molar-refractivity contribution in [3.8, 4) is 0 Å². The summed E-state index contributed by atoms with van der Waals surface area (Å²) in [6.45, 7) is 5.99. The van der Waals surface area contributed by atoms with Gasteiger partial charge in [0.25, 0.3) is 0 Å². The molecule has 0 unspecified atom stereocenters. The van der Waals surface area contributed by atoms with Gasteiger partial charge in [-0.25, -0.2) is 0 Å². The Morgan fingerprint density at radius 1 is 1.19 bits per heavy atom. The average Bonchev–Trinajstić information content (AvgIpc) is 3.10. The van der Waals surface area contributed by atoms with Crippen LogP contribution in [-0.4, -0.2) is 43.8 Å². The summed E-state index contributed by atoms with van der Waals surface area (Å²) in [5.74, 6) is 0.736. The molecule has 0 amide bonds. The van der Waals surface area contributed by atoms with Crippen LogP contribution in [-0.2, 0) is 11.3 Å². The molecule has 0 saturated carbocycles. The summed E-state index contributed by atoms with van der Waals surface area (Å²) in [6.07, 6.45) is 2.38. The molecule has 116 valence electrons. The van der Waals surface area contributed by atoms with Crippen LogP contribution in [0.3, 0.4) is 0 Å². The fourth-order valence-corrected chi connectivity index (χ4v) is 3.86. The minimum atomic E-state index is 0.517. The van der Waals surface area contributed by atoms with Crippen molar-refractivity contribution in [1.29, 1.82) is 0 Å². The Morgan fingerprint density at radius 3 is 2.62 bits per heavy atom. The van der Waals surface area contributed by atoms with Gasteiger partial charge in [-0.3, -0.25) is 4.90 Å². The molecular formula is C16H22Cl2N2O. The number of nitrogens with zero attached hydrogens (tertiary/aromatic N) is 1. The van der Waals surface area contributed by atoms with E-state index in [9.17, 15) is 0 Å². The first-order chi connectivity index (χ1) is 10.2. The molecule has 21 heavy (non-hydrogen) atoms. The number of nitrogens with one attached hydrogen (secondary N) is 1. The lowest BCUT2D eigenvalue weighted by Crippen LogP contribution is -2.39. The zero-order valence-corrected chi connectivity index (χ0v) is 13.7. The molecule has 2 fully saturated rings. The third kappa shape index (κ3) is 4.33. The van der Waals surface area contributed by atoms with Gasteiger partial charge in [-0.15, -0.1) is 0 Å². The van der Waals surface area contributed by atoms with Crippen molar-refractivity contribution in [2.24, 2.45) is 5.92 Å². The highest BCUT2D eigenvalue weighted by atomic mass is 35.5. The van der Waals surface area contributed by atoms with Gasteiger partial charge in [-0.2, -0.15) is 0 Å². The first-order valence-corrected chi connectivity index (χ1v) is 8.44. The SMILES string of the molecule is Clc1cc(Cl)cc(CN(C[C@@H]2CCNC2)[C@@H]2CCOC2)c1. The Bertz CT molecular complexity index is 451. The van der Waals surface area contributed by atoms with Crippen molar-refractivity contribution in [2.45, 2.75) is 25.4 Å². The maximum Gasteiger partial charge on any atom is 0.0622 e. The Balaban J connectivity index is 1.70. The second kappa shape index (κ2) is 7.30. The average molecular weight is 329 g/mol. The highest BCUT2D eigenvalue weighted by Gasteiger charge is 2.27. The van der Waals surface area contributed by atoms with E-state index >= 15 is 0 Å². The minimum absolute atomic E-state index is 0.517. The Hall–Kier alpha value is -0.320. The largest absolute Gasteiger partial charge is 0.380 e. The van der Waals surface area contributed by atoms with E-state index in [2.05, 4.69) is 10.2 Å². The molecule has 0 aliphatic carbocycles. The maximum absolute atomic E-state index is 6.13. The van der Waals surface area contributed by atoms with Crippen LogP contribution < -0.4 is 5.32 Å². The van der Waals surface area contributed by atoms with Gasteiger partial charge in [0.1, 0.15) is 0 Å². The lowest BCUT2D eigenvalue weighted by molar-refractivity contribution is 0.126. The van der Waals surface area contributed by atoms with Crippen molar-refractivity contribution in [1.82, 2.24) is 10.2 Å². The summed E-state index contributed by atoms with van der Waals surface area (Å²) in [5.41, 5.74) is 1.19. The lowest BCUT2D eigenvalue weighted by atomic mass is 10.1. The third-order valence-corrected chi connectivity index (χ3v) is 4.82. The van der Waals surface area contributed by atoms with Crippen molar-refractivity contribution in [3.05, 3.63) is 33.8 Å². The van der Waals surface area contributed by atoms with Crippen LogP contribution in [0.25, 0.3) is 0 Å². The molecule has 2 atom stereocenters. The number of hydrogen-bond donors (Lipinski definition) is 1. The molecule has 3 rings (SSSR count). The molecule has 1 N–H and O–H groups in total. The van der Waals surface area contributed by atoms with Crippen molar-refractivity contribution in [3.63, 3.8) is 0 Å². The standard InChI is InChI=1S/C16H22Cl2N2O/c17-14-5-13(6-15(18)7-14)10-20(16-2-4-21-11-16)9-12-1-3-19-8-12/h5-7,12,16,19H,1-4,8-11H2/t12-,16-/m1/s1. The van der Waals surface area contributed by atoms with Gasteiger partial charge >= 0.3 is 0 Å². The molecule has 0 aromatic heterocycles. The molecule has 2 heterocycles. The van der Waals surface area contributed by atoms with E-state index in [1.54, 1.807) is 6.07 Å². The second-order valence-electron chi connectivity index (χ2n) is 6.08. The van der Waals surface area contributed by atoms with E-state index in [0.29, 0.717) is 16.1 Å². The maximum atomic E-state index is 6.13. The third-order valence-electron chi connectivity index (χ3n) is 4.39. The summed E-state index contributed by atoms with van der Waals surface area (Å²) < 4.78 is 5.58. The quantitative estimate of drug-likeness (QED) is 0.898. The normalized spacial score (nSPS) is 25.9. The summed E-state index contributed by atoms with van der Waals surface area (Å²) in [6, 6.07) is 6.34. The number of benzene rings is 1. The van der Waals surface area contributed by atoms with E-state index in [1.165, 1.54) is 12.0 Å². The van der Waals surface area contributed by atoms with Crippen LogP contribution in [0.4, 0.5) is 0 Å². The van der Waals surface area contributed by atoms with Gasteiger partial charge < -0.3 is 10.1 Å². The van der Waals surface area contributed by atoms with Gasteiger partial charge in [-0.05, 0) is 55.6 Å². The van der Waals surface area contributed by atoms with Gasteiger partial charge in [0.05, 0.1) is 6.61 Å². The van der Waals surface area contributed by atoms with Gasteiger partial charge in [0, 0.05) is 35.8 Å². The highest BCUT2D eigenvalue weighted by Crippen LogP contribution is 2.24. The molecule has 1 aromatic rings. The molecule has 2 aliphatic rings. The molecule has 3 nitrogen and oxygen atoms in total. The fourth-order valence-electron chi connectivity index (χ4n) is 3.29. The predicted octanol–water partition coefficient (Wildman–Crippen LogP) is 3.19. The Labute approximate surface area is 136 Å². The Morgan fingerprint density at radius 2 is 2.00 bits per heavy atom. The van der Waals surface area contributed by atoms with Gasteiger partial charge in [-0.1, -0.05) is 23.2 Å². The summed E-state index contributed by atoms with van der Waals surface area (Å²) >= 11 is 12.3. The van der Waals surface area contributed by atoms with E-state index in [1.807, 2.05) is 12.1 Å². The molecule has 2 saturated heterocycles. The van der Waals surface area contributed by atoms with Gasteiger partial charge in [0.15, 0.2) is 0 Å². The summed E-state index contributed by atoms with van der Waals surface area (Å²) in [4.78, 5) is 2.55. The highest BCUT2D eigenvalue weighted by molar-refractivity contribution is 6.34. The van der Waals surface area contributed by atoms with E-state index in [4.69, 9.17) is 27.9 Å². The molecule has 0 spiro atoms. The first kappa shape index (κ1) is 15.6. The van der Waals surface area contributed by atoms with Crippen LogP contribution in [0.1, 0.15) is 18.4 Å². The molecule has 5 heteroatoms. The van der Waals surface area contributed by atoms with E-state index in [-0.39, 0.29) is 0 Å². The fraction of sp³-hybridized carbons (Fsp3) is 0.625. The van der Waals surface area contributed by atoms with Crippen molar-refractivity contribution >= 4 is 23.2 Å². The van der Waals surface area contributed by atoms with Crippen molar-refractivity contribution in [2.75, 3.05) is 32.8 Å². The smallest absolute Gasteiger partial charge is 0.0622 e. The number of ether oxygens (including phenoxy) is 1. The number of halogens is 2. The van der Waals surface area contributed by atoms with Crippen LogP contribution in [0.15, 0.2) is 18.2 Å². The van der Waals surface area contributed by atoms with Crippen LogP contribution in [0.5, 0.6) is 0 Å². The monoisotopic (exact) mass is 328 g/mol. The zero-order valence-electron chi connectivity index (χ0n) is 12.2. The second-order valence-corrected chi connectivity index (χ2v) is 6.96. The molecular weight excluding hydrogens is 307 g/mol. The number of hydrogen-bond acceptors (Lipinski definition) is 3. The van der Waals surface area contributed by atoms with Crippen LogP contribution in [0, 0.1) is 5.92 Å². The topological polar surface area (TPSA) is 24.5 Å².